The lowest BCUT2D eigenvalue weighted by molar-refractivity contribution is 0.0944. The second-order valence-electron chi connectivity index (χ2n) is 5.33. The van der Waals surface area contributed by atoms with Gasteiger partial charge in [-0.3, -0.25) is 9.69 Å². The van der Waals surface area contributed by atoms with E-state index < -0.39 is 5.63 Å². The van der Waals surface area contributed by atoms with Crippen molar-refractivity contribution < 1.29 is 9.21 Å². The van der Waals surface area contributed by atoms with Gasteiger partial charge in [-0.05, 0) is 12.1 Å². The van der Waals surface area contributed by atoms with Gasteiger partial charge >= 0.3 is 5.63 Å². The number of hydrogen-bond donors (Lipinski definition) is 2. The monoisotopic (exact) mass is 337 g/mol. The quantitative estimate of drug-likeness (QED) is 0.809. The van der Waals surface area contributed by atoms with Crippen LogP contribution in [-0.2, 0) is 0 Å². The Morgan fingerprint density at radius 3 is 2.78 bits per heavy atom. The fourth-order valence-corrected chi connectivity index (χ4v) is 2.58. The molecule has 1 aromatic heterocycles. The molecule has 0 unspecified atom stereocenters. The first kappa shape index (κ1) is 17.5. The molecule has 0 atom stereocenters. The summed E-state index contributed by atoms with van der Waals surface area (Å²) >= 11 is 0. The zero-order chi connectivity index (χ0) is 15.4. The minimum atomic E-state index is -0.599. The number of benzene rings is 1. The number of piperazine rings is 1. The Labute approximate surface area is 140 Å². The van der Waals surface area contributed by atoms with Crippen molar-refractivity contribution >= 4 is 29.3 Å². The summed E-state index contributed by atoms with van der Waals surface area (Å²) in [4.78, 5) is 26.3. The number of hydrogen-bond acceptors (Lipinski definition) is 5. The molecule has 0 spiro atoms. The summed E-state index contributed by atoms with van der Waals surface area (Å²) in [6, 6.07) is 8.74. The summed E-state index contributed by atoms with van der Waals surface area (Å²) in [5, 5.41) is 6.82. The van der Waals surface area contributed by atoms with Crippen LogP contribution in [0.2, 0.25) is 0 Å². The molecule has 0 radical (unpaired) electrons. The van der Waals surface area contributed by atoms with Crippen LogP contribution in [0.1, 0.15) is 10.4 Å². The molecule has 1 amide bonds. The summed E-state index contributed by atoms with van der Waals surface area (Å²) < 4.78 is 5.18. The smallest absolute Gasteiger partial charge is 0.349 e. The van der Waals surface area contributed by atoms with Crippen LogP contribution in [0.25, 0.3) is 11.0 Å². The van der Waals surface area contributed by atoms with Crippen LogP contribution < -0.4 is 16.3 Å². The van der Waals surface area contributed by atoms with Crippen LogP contribution in [0.5, 0.6) is 0 Å². The molecule has 7 heteroatoms. The molecule has 124 valence electrons. The number of rotatable bonds is 4. The van der Waals surface area contributed by atoms with Crippen molar-refractivity contribution in [1.82, 2.24) is 15.5 Å². The number of carbonyl (C=O) groups is 1. The summed E-state index contributed by atoms with van der Waals surface area (Å²) in [5.41, 5.74) is -0.0535. The van der Waals surface area contributed by atoms with Crippen molar-refractivity contribution in [3.05, 3.63) is 46.3 Å². The highest BCUT2D eigenvalue weighted by atomic mass is 35.5. The van der Waals surface area contributed by atoms with Crippen LogP contribution in [0.15, 0.2) is 39.5 Å². The first-order valence-corrected chi connectivity index (χ1v) is 7.48. The van der Waals surface area contributed by atoms with Gasteiger partial charge in [-0.25, -0.2) is 4.79 Å². The molecule has 0 aliphatic carbocycles. The third-order valence-corrected chi connectivity index (χ3v) is 3.81. The third-order valence-electron chi connectivity index (χ3n) is 3.81. The van der Waals surface area contributed by atoms with Crippen LogP contribution in [0.3, 0.4) is 0 Å². The van der Waals surface area contributed by atoms with Gasteiger partial charge in [0.2, 0.25) is 0 Å². The van der Waals surface area contributed by atoms with Crippen molar-refractivity contribution in [2.45, 2.75) is 0 Å². The molecule has 0 bridgehead atoms. The molecule has 1 fully saturated rings. The third kappa shape index (κ3) is 4.31. The first-order chi connectivity index (χ1) is 10.7. The molecule has 1 aliphatic rings. The van der Waals surface area contributed by atoms with E-state index in [1.54, 1.807) is 18.2 Å². The summed E-state index contributed by atoms with van der Waals surface area (Å²) in [5.74, 6) is -0.380. The Balaban J connectivity index is 0.00000192. The van der Waals surface area contributed by atoms with Gasteiger partial charge in [0.05, 0.1) is 0 Å². The molecule has 1 aromatic carbocycles. The van der Waals surface area contributed by atoms with Gasteiger partial charge in [-0.1, -0.05) is 18.2 Å². The highest BCUT2D eigenvalue weighted by Gasteiger charge is 2.14. The van der Waals surface area contributed by atoms with E-state index in [9.17, 15) is 9.59 Å². The summed E-state index contributed by atoms with van der Waals surface area (Å²) in [6.07, 6.45) is 0. The van der Waals surface area contributed by atoms with Crippen molar-refractivity contribution in [3.63, 3.8) is 0 Å². The zero-order valence-corrected chi connectivity index (χ0v) is 13.5. The van der Waals surface area contributed by atoms with Gasteiger partial charge in [-0.2, -0.15) is 0 Å². The predicted molar refractivity (Wildman–Crippen MR) is 91.4 cm³/mol. The van der Waals surface area contributed by atoms with E-state index in [-0.39, 0.29) is 23.9 Å². The van der Waals surface area contributed by atoms with Gasteiger partial charge in [-0.15, -0.1) is 12.4 Å². The Hall–Kier alpha value is -1.89. The molecule has 6 nitrogen and oxygen atoms in total. The lowest BCUT2D eigenvalue weighted by atomic mass is 10.2. The number of fused-ring (bicyclic) bond motifs is 1. The second-order valence-corrected chi connectivity index (χ2v) is 5.33. The number of halogens is 1. The lowest BCUT2D eigenvalue weighted by Crippen LogP contribution is -2.46. The average molecular weight is 338 g/mol. The fraction of sp³-hybridized carbons (Fsp3) is 0.375. The van der Waals surface area contributed by atoms with Crippen molar-refractivity contribution in [3.8, 4) is 0 Å². The van der Waals surface area contributed by atoms with E-state index in [2.05, 4.69) is 15.5 Å². The van der Waals surface area contributed by atoms with E-state index >= 15 is 0 Å². The highest BCUT2D eigenvalue weighted by molar-refractivity contribution is 5.96. The van der Waals surface area contributed by atoms with Crippen molar-refractivity contribution in [1.29, 1.82) is 0 Å². The van der Waals surface area contributed by atoms with Crippen molar-refractivity contribution in [2.24, 2.45) is 0 Å². The molecule has 2 aromatic rings. The van der Waals surface area contributed by atoms with Gasteiger partial charge in [0, 0.05) is 44.7 Å². The van der Waals surface area contributed by atoms with Gasteiger partial charge in [0.15, 0.2) is 0 Å². The van der Waals surface area contributed by atoms with Gasteiger partial charge in [0.1, 0.15) is 11.1 Å². The molecular formula is C16H20ClN3O3. The lowest BCUT2D eigenvalue weighted by Gasteiger charge is -2.27. The zero-order valence-electron chi connectivity index (χ0n) is 12.7. The summed E-state index contributed by atoms with van der Waals surface area (Å²) in [6.45, 7) is 5.21. The number of nitrogens with zero attached hydrogens (tertiary/aromatic N) is 1. The van der Waals surface area contributed by atoms with E-state index in [4.69, 9.17) is 4.42 Å². The minimum absolute atomic E-state index is 0. The standard InChI is InChI=1S/C16H19N3O3.ClH/c20-15(18-7-10-19-8-5-17-6-9-19)13-11-12-3-1-2-4-14(12)22-16(13)21;/h1-4,11,17H,5-10H2,(H,18,20);1H. The highest BCUT2D eigenvalue weighted by Crippen LogP contribution is 2.12. The molecule has 3 rings (SSSR count). The number of nitrogens with one attached hydrogen (secondary N) is 2. The van der Waals surface area contributed by atoms with Crippen LogP contribution in [0.4, 0.5) is 0 Å². The van der Waals surface area contributed by atoms with Crippen LogP contribution in [-0.4, -0.2) is 50.1 Å². The van der Waals surface area contributed by atoms with Crippen LogP contribution in [0, 0.1) is 0 Å². The molecule has 2 heterocycles. The Bertz CT molecular complexity index is 726. The van der Waals surface area contributed by atoms with E-state index in [1.807, 2.05) is 12.1 Å². The fourth-order valence-electron chi connectivity index (χ4n) is 2.58. The number of carbonyl (C=O) groups excluding carboxylic acids is 1. The Morgan fingerprint density at radius 1 is 1.26 bits per heavy atom. The largest absolute Gasteiger partial charge is 0.422 e. The summed E-state index contributed by atoms with van der Waals surface area (Å²) in [7, 11) is 0. The molecule has 0 saturated carbocycles. The molecule has 1 aliphatic heterocycles. The van der Waals surface area contributed by atoms with Crippen LogP contribution >= 0.6 is 12.4 Å². The molecule has 1 saturated heterocycles. The molecule has 2 N–H and O–H groups in total. The first-order valence-electron chi connectivity index (χ1n) is 7.48. The second kappa shape index (κ2) is 8.10. The maximum Gasteiger partial charge on any atom is 0.349 e. The molecular weight excluding hydrogens is 318 g/mol. The Morgan fingerprint density at radius 2 is 2.00 bits per heavy atom. The van der Waals surface area contributed by atoms with Gasteiger partial charge < -0.3 is 15.1 Å². The van der Waals surface area contributed by atoms with E-state index in [0.717, 1.165) is 38.1 Å². The normalized spacial score (nSPS) is 15.1. The SMILES string of the molecule is Cl.O=C(NCCN1CCNCC1)c1cc2ccccc2oc1=O. The van der Waals surface area contributed by atoms with Gasteiger partial charge in [0.25, 0.3) is 5.91 Å². The molecule has 23 heavy (non-hydrogen) atoms. The minimum Gasteiger partial charge on any atom is -0.422 e. The van der Waals surface area contributed by atoms with E-state index in [1.165, 1.54) is 0 Å². The topological polar surface area (TPSA) is 74.6 Å². The number of para-hydroxylation sites is 1. The maximum atomic E-state index is 12.1. The van der Waals surface area contributed by atoms with E-state index in [0.29, 0.717) is 12.1 Å². The van der Waals surface area contributed by atoms with Crippen molar-refractivity contribution in [2.75, 3.05) is 39.3 Å². The predicted octanol–water partition coefficient (Wildman–Crippen LogP) is 0.850. The number of amides is 1. The maximum absolute atomic E-state index is 12.1. The average Bonchev–Trinajstić information content (AvgIpc) is 2.55. The Kier molecular flexibility index (Phi) is 6.15.